The van der Waals surface area contributed by atoms with E-state index >= 15 is 0 Å². The molecule has 1 atom stereocenters. The number of benzene rings is 2. The van der Waals surface area contributed by atoms with Gasteiger partial charge in [-0.1, -0.05) is 23.7 Å². The van der Waals surface area contributed by atoms with Crippen LogP contribution in [-0.2, 0) is 9.59 Å². The maximum absolute atomic E-state index is 12.5. The number of nitrogens with one attached hydrogen (secondary N) is 2. The van der Waals surface area contributed by atoms with Gasteiger partial charge < -0.3 is 25.0 Å². The first kappa shape index (κ1) is 18.8. The first-order chi connectivity index (χ1) is 13.0. The first-order valence-corrected chi connectivity index (χ1v) is 8.75. The molecule has 7 nitrogen and oxygen atoms in total. The smallest absolute Gasteiger partial charge is 0.262 e. The fourth-order valence-corrected chi connectivity index (χ4v) is 3.13. The number of hydrogen-bond donors (Lipinski definition) is 2. The van der Waals surface area contributed by atoms with Crippen molar-refractivity contribution in [3.63, 3.8) is 0 Å². The van der Waals surface area contributed by atoms with Gasteiger partial charge in [-0.25, -0.2) is 0 Å². The summed E-state index contributed by atoms with van der Waals surface area (Å²) in [6.07, 6.45) is -0.687. The average molecular weight is 390 g/mol. The zero-order chi connectivity index (χ0) is 19.4. The predicted octanol–water partition coefficient (Wildman–Crippen LogP) is 2.30. The molecule has 27 heavy (non-hydrogen) atoms. The minimum absolute atomic E-state index is 0.0670. The topological polar surface area (TPSA) is 79.9 Å². The average Bonchev–Trinajstić information content (AvgIpc) is 2.67. The van der Waals surface area contributed by atoms with Crippen molar-refractivity contribution in [2.75, 3.05) is 37.5 Å². The molecule has 2 N–H and O–H groups in total. The molecule has 0 saturated heterocycles. The number of amides is 2. The number of ether oxygens (including phenoxy) is 2. The minimum Gasteiger partial charge on any atom is -0.495 e. The summed E-state index contributed by atoms with van der Waals surface area (Å²) in [6.45, 7) is 0.338. The third kappa shape index (κ3) is 4.25. The standard InChI is InChI=1S/C19H20ClN3O4/c1-21-19(25)17-10-23(14-5-3-4-6-16(14)27-17)11-18(24)22-12-7-8-15(26-2)13(20)9-12/h3-9,17H,10-11H2,1-2H3,(H,21,25)(H,22,24)/t17-/m1/s1. The van der Waals surface area contributed by atoms with Crippen LogP contribution in [0.25, 0.3) is 0 Å². The lowest BCUT2D eigenvalue weighted by Gasteiger charge is -2.35. The number of fused-ring (bicyclic) bond motifs is 1. The van der Waals surface area contributed by atoms with Crippen LogP contribution in [0, 0.1) is 0 Å². The van der Waals surface area contributed by atoms with E-state index in [-0.39, 0.29) is 24.9 Å². The number of anilines is 2. The van der Waals surface area contributed by atoms with Crippen LogP contribution in [0.15, 0.2) is 42.5 Å². The van der Waals surface area contributed by atoms with Crippen molar-refractivity contribution >= 4 is 34.8 Å². The monoisotopic (exact) mass is 389 g/mol. The molecule has 1 aliphatic heterocycles. The maximum Gasteiger partial charge on any atom is 0.262 e. The Balaban J connectivity index is 1.74. The highest BCUT2D eigenvalue weighted by Gasteiger charge is 2.31. The number of nitrogens with zero attached hydrogens (tertiary/aromatic N) is 1. The zero-order valence-corrected chi connectivity index (χ0v) is 15.7. The Labute approximate surface area is 162 Å². The summed E-state index contributed by atoms with van der Waals surface area (Å²) in [5.41, 5.74) is 1.33. The van der Waals surface area contributed by atoms with E-state index in [2.05, 4.69) is 10.6 Å². The Kier molecular flexibility index (Phi) is 5.71. The molecule has 8 heteroatoms. The lowest BCUT2D eigenvalue weighted by atomic mass is 10.1. The third-order valence-electron chi connectivity index (χ3n) is 4.17. The van der Waals surface area contributed by atoms with Crippen LogP contribution in [0.3, 0.4) is 0 Å². The molecule has 1 heterocycles. The van der Waals surface area contributed by atoms with Gasteiger partial charge in [-0.05, 0) is 30.3 Å². The van der Waals surface area contributed by atoms with E-state index in [1.54, 1.807) is 31.3 Å². The number of likely N-dealkylation sites (N-methyl/N-ethyl adjacent to an activating group) is 1. The lowest BCUT2D eigenvalue weighted by molar-refractivity contribution is -0.127. The third-order valence-corrected chi connectivity index (χ3v) is 4.47. The van der Waals surface area contributed by atoms with Crippen LogP contribution >= 0.6 is 11.6 Å². The molecule has 2 aromatic carbocycles. The number of rotatable bonds is 5. The van der Waals surface area contributed by atoms with E-state index in [0.29, 0.717) is 22.2 Å². The summed E-state index contributed by atoms with van der Waals surface area (Å²) in [5.74, 6) is 0.628. The molecule has 0 fully saturated rings. The van der Waals surface area contributed by atoms with Gasteiger partial charge in [-0.2, -0.15) is 0 Å². The summed E-state index contributed by atoms with van der Waals surface area (Å²) < 4.78 is 10.8. The van der Waals surface area contributed by atoms with Crippen LogP contribution in [0.2, 0.25) is 5.02 Å². The molecule has 3 rings (SSSR count). The predicted molar refractivity (Wildman–Crippen MR) is 104 cm³/mol. The number of methoxy groups -OCH3 is 1. The molecule has 142 valence electrons. The Morgan fingerprint density at radius 2 is 2.07 bits per heavy atom. The van der Waals surface area contributed by atoms with Crippen molar-refractivity contribution in [2.24, 2.45) is 0 Å². The summed E-state index contributed by atoms with van der Waals surface area (Å²) in [4.78, 5) is 26.4. The Hall–Kier alpha value is -2.93. The lowest BCUT2D eigenvalue weighted by Crippen LogP contribution is -2.50. The molecule has 2 aromatic rings. The molecule has 1 aliphatic rings. The van der Waals surface area contributed by atoms with Gasteiger partial charge in [-0.15, -0.1) is 0 Å². The minimum atomic E-state index is -0.687. The van der Waals surface area contributed by atoms with Gasteiger partial charge in [0.05, 0.1) is 30.9 Å². The summed E-state index contributed by atoms with van der Waals surface area (Å²) in [7, 11) is 3.08. The van der Waals surface area contributed by atoms with Crippen molar-refractivity contribution in [1.82, 2.24) is 5.32 Å². The molecule has 0 aliphatic carbocycles. The van der Waals surface area contributed by atoms with Crippen LogP contribution in [0.4, 0.5) is 11.4 Å². The highest BCUT2D eigenvalue weighted by molar-refractivity contribution is 6.32. The second-order valence-electron chi connectivity index (χ2n) is 5.97. The van der Waals surface area contributed by atoms with Crippen molar-refractivity contribution in [1.29, 1.82) is 0 Å². The number of carbonyl (C=O) groups is 2. The molecule has 0 spiro atoms. The Bertz CT molecular complexity index is 859. The maximum atomic E-state index is 12.5. The van der Waals surface area contributed by atoms with Crippen LogP contribution < -0.4 is 25.0 Å². The molecule has 0 bridgehead atoms. The number of hydrogen-bond acceptors (Lipinski definition) is 5. The molecule has 0 aromatic heterocycles. The largest absolute Gasteiger partial charge is 0.495 e. The fourth-order valence-electron chi connectivity index (χ4n) is 2.87. The highest BCUT2D eigenvalue weighted by atomic mass is 35.5. The van der Waals surface area contributed by atoms with Gasteiger partial charge in [0.25, 0.3) is 5.91 Å². The van der Waals surface area contributed by atoms with Crippen LogP contribution in [0.1, 0.15) is 0 Å². The number of para-hydroxylation sites is 2. The van der Waals surface area contributed by atoms with Gasteiger partial charge in [0.15, 0.2) is 6.10 Å². The van der Waals surface area contributed by atoms with Gasteiger partial charge in [0, 0.05) is 12.7 Å². The van der Waals surface area contributed by atoms with E-state index < -0.39 is 6.10 Å². The second kappa shape index (κ2) is 8.18. The van der Waals surface area contributed by atoms with Crippen molar-refractivity contribution in [3.05, 3.63) is 47.5 Å². The van der Waals surface area contributed by atoms with Gasteiger partial charge in [0.1, 0.15) is 11.5 Å². The fraction of sp³-hybridized carbons (Fsp3) is 0.263. The first-order valence-electron chi connectivity index (χ1n) is 8.37. The number of carbonyl (C=O) groups excluding carboxylic acids is 2. The number of halogens is 1. The summed E-state index contributed by atoms with van der Waals surface area (Å²) in [6, 6.07) is 12.3. The summed E-state index contributed by atoms with van der Waals surface area (Å²) in [5, 5.41) is 5.80. The molecule has 0 saturated carbocycles. The molecule has 0 radical (unpaired) electrons. The molecular weight excluding hydrogens is 370 g/mol. The van der Waals surface area contributed by atoms with Crippen molar-refractivity contribution in [3.8, 4) is 11.5 Å². The zero-order valence-electron chi connectivity index (χ0n) is 15.0. The Morgan fingerprint density at radius 3 is 2.78 bits per heavy atom. The normalized spacial score (nSPS) is 15.4. The highest BCUT2D eigenvalue weighted by Crippen LogP contribution is 2.33. The summed E-state index contributed by atoms with van der Waals surface area (Å²) >= 11 is 6.09. The van der Waals surface area contributed by atoms with Crippen LogP contribution in [0.5, 0.6) is 11.5 Å². The quantitative estimate of drug-likeness (QED) is 0.820. The van der Waals surface area contributed by atoms with Crippen LogP contribution in [-0.4, -0.2) is 45.2 Å². The van der Waals surface area contributed by atoms with Gasteiger partial charge in [0.2, 0.25) is 5.91 Å². The van der Waals surface area contributed by atoms with Crippen molar-refractivity contribution in [2.45, 2.75) is 6.10 Å². The van der Waals surface area contributed by atoms with E-state index in [1.165, 1.54) is 7.11 Å². The van der Waals surface area contributed by atoms with E-state index in [9.17, 15) is 9.59 Å². The van der Waals surface area contributed by atoms with Crippen molar-refractivity contribution < 1.29 is 19.1 Å². The van der Waals surface area contributed by atoms with E-state index in [0.717, 1.165) is 5.69 Å². The van der Waals surface area contributed by atoms with E-state index in [1.807, 2.05) is 23.1 Å². The SMILES string of the molecule is CNC(=O)[C@H]1CN(CC(=O)Nc2ccc(OC)c(Cl)c2)c2ccccc2O1. The Morgan fingerprint density at radius 1 is 1.30 bits per heavy atom. The van der Waals surface area contributed by atoms with E-state index in [4.69, 9.17) is 21.1 Å². The molecule has 0 unspecified atom stereocenters. The second-order valence-corrected chi connectivity index (χ2v) is 6.37. The molecular formula is C19H20ClN3O4. The van der Waals surface area contributed by atoms with Gasteiger partial charge in [-0.3, -0.25) is 9.59 Å². The molecule has 2 amide bonds. The van der Waals surface area contributed by atoms with Gasteiger partial charge >= 0.3 is 0 Å².